The van der Waals surface area contributed by atoms with Crippen molar-refractivity contribution in [1.82, 2.24) is 4.31 Å². The summed E-state index contributed by atoms with van der Waals surface area (Å²) in [6.45, 7) is 2.60. The first-order valence-electron chi connectivity index (χ1n) is 5.83. The second kappa shape index (κ2) is 4.51. The predicted octanol–water partition coefficient (Wildman–Crippen LogP) is 1.68. The van der Waals surface area contributed by atoms with Gasteiger partial charge in [-0.1, -0.05) is 6.92 Å². The Morgan fingerprint density at radius 1 is 1.50 bits per heavy atom. The summed E-state index contributed by atoms with van der Waals surface area (Å²) in [6.07, 6.45) is 1.06. The standard InChI is InChI=1S/C12H17FN2O2S/c1-8-5-9(8)7-15(2)18(16,17)10-3-4-11(13)12(14)6-10/h3-4,6,8-9H,5,7,14H2,1-2H3. The first-order chi connectivity index (χ1) is 8.32. The molecule has 2 rings (SSSR count). The lowest BCUT2D eigenvalue weighted by atomic mass is 10.3. The van der Waals surface area contributed by atoms with Gasteiger partial charge < -0.3 is 5.73 Å². The van der Waals surface area contributed by atoms with E-state index < -0.39 is 15.8 Å². The molecule has 0 saturated heterocycles. The average molecular weight is 272 g/mol. The molecule has 4 nitrogen and oxygen atoms in total. The molecule has 2 atom stereocenters. The van der Waals surface area contributed by atoms with Crippen LogP contribution in [0.4, 0.5) is 10.1 Å². The molecule has 0 aliphatic heterocycles. The lowest BCUT2D eigenvalue weighted by Crippen LogP contribution is -2.29. The molecule has 1 saturated carbocycles. The molecule has 1 aliphatic carbocycles. The summed E-state index contributed by atoms with van der Waals surface area (Å²) in [5.41, 5.74) is 5.25. The number of halogens is 1. The second-order valence-corrected chi connectivity index (χ2v) is 6.99. The molecule has 0 bridgehead atoms. The van der Waals surface area contributed by atoms with Gasteiger partial charge in [0, 0.05) is 13.6 Å². The van der Waals surface area contributed by atoms with Crippen LogP contribution in [0.2, 0.25) is 0 Å². The minimum atomic E-state index is -3.57. The Morgan fingerprint density at radius 3 is 2.61 bits per heavy atom. The van der Waals surface area contributed by atoms with Crippen LogP contribution in [0.5, 0.6) is 0 Å². The van der Waals surface area contributed by atoms with Crippen LogP contribution in [0.15, 0.2) is 23.1 Å². The largest absolute Gasteiger partial charge is 0.396 e. The van der Waals surface area contributed by atoms with E-state index in [1.165, 1.54) is 10.4 Å². The van der Waals surface area contributed by atoms with Crippen molar-refractivity contribution >= 4 is 15.7 Å². The molecular formula is C12H17FN2O2S. The van der Waals surface area contributed by atoms with Crippen molar-refractivity contribution in [1.29, 1.82) is 0 Å². The van der Waals surface area contributed by atoms with E-state index in [-0.39, 0.29) is 10.6 Å². The van der Waals surface area contributed by atoms with Gasteiger partial charge in [-0.3, -0.25) is 0 Å². The SMILES string of the molecule is CC1CC1CN(C)S(=O)(=O)c1ccc(F)c(N)c1. The Bertz CT molecular complexity index is 559. The Balaban J connectivity index is 2.21. The maximum atomic E-state index is 13.0. The van der Waals surface area contributed by atoms with Crippen molar-refractivity contribution in [3.8, 4) is 0 Å². The van der Waals surface area contributed by atoms with E-state index in [9.17, 15) is 12.8 Å². The number of nitrogens with zero attached hydrogens (tertiary/aromatic N) is 1. The fraction of sp³-hybridized carbons (Fsp3) is 0.500. The van der Waals surface area contributed by atoms with E-state index in [0.717, 1.165) is 18.6 Å². The summed E-state index contributed by atoms with van der Waals surface area (Å²) in [5.74, 6) is 0.413. The molecule has 1 aromatic carbocycles. The normalized spacial score (nSPS) is 23.3. The van der Waals surface area contributed by atoms with E-state index in [2.05, 4.69) is 6.92 Å². The summed E-state index contributed by atoms with van der Waals surface area (Å²) in [4.78, 5) is 0.0391. The number of nitrogens with two attached hydrogens (primary N) is 1. The molecule has 18 heavy (non-hydrogen) atoms. The second-order valence-electron chi connectivity index (χ2n) is 4.94. The Labute approximate surface area is 107 Å². The van der Waals surface area contributed by atoms with E-state index in [4.69, 9.17) is 5.73 Å². The van der Waals surface area contributed by atoms with Gasteiger partial charge in [0.15, 0.2) is 0 Å². The van der Waals surface area contributed by atoms with Gasteiger partial charge in [0.1, 0.15) is 5.82 Å². The van der Waals surface area contributed by atoms with Gasteiger partial charge in [0.05, 0.1) is 10.6 Å². The number of sulfonamides is 1. The molecule has 0 radical (unpaired) electrons. The van der Waals surface area contributed by atoms with Crippen molar-refractivity contribution in [2.24, 2.45) is 11.8 Å². The molecule has 2 N–H and O–H groups in total. The molecule has 1 aromatic rings. The lowest BCUT2D eigenvalue weighted by Gasteiger charge is -2.17. The lowest BCUT2D eigenvalue weighted by molar-refractivity contribution is 0.444. The highest BCUT2D eigenvalue weighted by Gasteiger charge is 2.36. The molecular weight excluding hydrogens is 255 g/mol. The number of anilines is 1. The fourth-order valence-corrected chi connectivity index (χ4v) is 3.21. The van der Waals surface area contributed by atoms with Gasteiger partial charge in [0.2, 0.25) is 10.0 Å². The third-order valence-electron chi connectivity index (χ3n) is 3.44. The fourth-order valence-electron chi connectivity index (χ4n) is 1.94. The van der Waals surface area contributed by atoms with Crippen LogP contribution in [0.3, 0.4) is 0 Å². The number of hydrogen-bond donors (Lipinski definition) is 1. The van der Waals surface area contributed by atoms with Gasteiger partial charge in [-0.25, -0.2) is 17.1 Å². The van der Waals surface area contributed by atoms with Crippen molar-refractivity contribution in [2.45, 2.75) is 18.2 Å². The monoisotopic (exact) mass is 272 g/mol. The first kappa shape index (κ1) is 13.3. The highest BCUT2D eigenvalue weighted by molar-refractivity contribution is 7.89. The highest BCUT2D eigenvalue weighted by Crippen LogP contribution is 2.38. The van der Waals surface area contributed by atoms with Crippen molar-refractivity contribution in [3.05, 3.63) is 24.0 Å². The predicted molar refractivity (Wildman–Crippen MR) is 67.9 cm³/mol. The van der Waals surface area contributed by atoms with Crippen molar-refractivity contribution < 1.29 is 12.8 Å². The molecule has 0 spiro atoms. The quantitative estimate of drug-likeness (QED) is 0.848. The van der Waals surface area contributed by atoms with Gasteiger partial charge in [-0.15, -0.1) is 0 Å². The van der Waals surface area contributed by atoms with Crippen LogP contribution in [0.25, 0.3) is 0 Å². The van der Waals surface area contributed by atoms with E-state index >= 15 is 0 Å². The highest BCUT2D eigenvalue weighted by atomic mass is 32.2. The van der Waals surface area contributed by atoms with Gasteiger partial charge >= 0.3 is 0 Å². The minimum absolute atomic E-state index is 0.0391. The van der Waals surface area contributed by atoms with Gasteiger partial charge in [0.25, 0.3) is 0 Å². The van der Waals surface area contributed by atoms with E-state index in [0.29, 0.717) is 18.4 Å². The van der Waals surface area contributed by atoms with Crippen molar-refractivity contribution in [2.75, 3.05) is 19.3 Å². The van der Waals surface area contributed by atoms with E-state index in [1.54, 1.807) is 7.05 Å². The van der Waals surface area contributed by atoms with Crippen LogP contribution < -0.4 is 5.73 Å². The molecule has 1 fully saturated rings. The molecule has 2 unspecified atom stereocenters. The number of rotatable bonds is 4. The summed E-state index contributed by atoms with van der Waals surface area (Å²) >= 11 is 0. The number of nitrogen functional groups attached to an aromatic ring is 1. The van der Waals surface area contributed by atoms with E-state index in [1.807, 2.05) is 0 Å². The molecule has 6 heteroatoms. The van der Waals surface area contributed by atoms with Gasteiger partial charge in [-0.2, -0.15) is 0 Å². The van der Waals surface area contributed by atoms with Crippen LogP contribution in [0.1, 0.15) is 13.3 Å². The van der Waals surface area contributed by atoms with Crippen LogP contribution in [-0.4, -0.2) is 26.3 Å². The molecule has 0 aromatic heterocycles. The summed E-state index contributed by atoms with van der Waals surface area (Å²) in [6, 6.07) is 3.49. The summed E-state index contributed by atoms with van der Waals surface area (Å²) < 4.78 is 38.8. The van der Waals surface area contributed by atoms with Crippen LogP contribution >= 0.6 is 0 Å². The smallest absolute Gasteiger partial charge is 0.242 e. The van der Waals surface area contributed by atoms with Crippen LogP contribution in [-0.2, 0) is 10.0 Å². The average Bonchev–Trinajstić information content (AvgIpc) is 2.98. The topological polar surface area (TPSA) is 63.4 Å². The minimum Gasteiger partial charge on any atom is -0.396 e. The Kier molecular flexibility index (Phi) is 3.33. The van der Waals surface area contributed by atoms with Gasteiger partial charge in [-0.05, 0) is 36.5 Å². The molecule has 1 aliphatic rings. The third kappa shape index (κ3) is 2.49. The molecule has 100 valence electrons. The molecule has 0 amide bonds. The number of hydrogen-bond acceptors (Lipinski definition) is 3. The number of benzene rings is 1. The zero-order valence-electron chi connectivity index (χ0n) is 10.4. The zero-order chi connectivity index (χ0) is 13.5. The Morgan fingerprint density at radius 2 is 2.11 bits per heavy atom. The van der Waals surface area contributed by atoms with Crippen molar-refractivity contribution in [3.63, 3.8) is 0 Å². The Hall–Kier alpha value is -1.14. The van der Waals surface area contributed by atoms with Crippen LogP contribution in [0, 0.1) is 17.7 Å². The maximum absolute atomic E-state index is 13.0. The zero-order valence-corrected chi connectivity index (χ0v) is 11.2. The molecule has 0 heterocycles. The first-order valence-corrected chi connectivity index (χ1v) is 7.27. The summed E-state index contributed by atoms with van der Waals surface area (Å²) in [5, 5.41) is 0. The third-order valence-corrected chi connectivity index (χ3v) is 5.26. The maximum Gasteiger partial charge on any atom is 0.242 e. The summed E-state index contributed by atoms with van der Waals surface area (Å²) in [7, 11) is -2.03.